The van der Waals surface area contributed by atoms with E-state index in [1.165, 1.54) is 5.56 Å². The van der Waals surface area contributed by atoms with E-state index in [-0.39, 0.29) is 5.91 Å². The number of aromatic nitrogens is 2. The van der Waals surface area contributed by atoms with Crippen LogP contribution in [0.4, 0.5) is 11.6 Å². The van der Waals surface area contributed by atoms with Gasteiger partial charge in [0.15, 0.2) is 0 Å². The third-order valence-electron chi connectivity index (χ3n) is 4.23. The van der Waals surface area contributed by atoms with Crippen molar-refractivity contribution in [2.24, 2.45) is 0 Å². The molecule has 3 aromatic rings. The summed E-state index contributed by atoms with van der Waals surface area (Å²) in [5.41, 5.74) is 5.38. The van der Waals surface area contributed by atoms with Crippen molar-refractivity contribution in [2.45, 2.75) is 27.3 Å². The molecule has 1 amide bonds. The molecule has 1 aromatic heterocycles. The van der Waals surface area contributed by atoms with Crippen LogP contribution in [0.15, 0.2) is 54.6 Å². The van der Waals surface area contributed by atoms with E-state index >= 15 is 0 Å². The Balaban J connectivity index is 1.76. The molecule has 0 saturated carbocycles. The fraction of sp³-hybridized carbons (Fsp3) is 0.190. The third kappa shape index (κ3) is 4.25. The van der Waals surface area contributed by atoms with E-state index in [4.69, 9.17) is 0 Å². The van der Waals surface area contributed by atoms with E-state index in [1.807, 2.05) is 56.3 Å². The highest BCUT2D eigenvalue weighted by Gasteiger charge is 2.11. The van der Waals surface area contributed by atoms with Gasteiger partial charge in [-0.2, -0.15) is 0 Å². The topological polar surface area (TPSA) is 66.9 Å². The molecule has 26 heavy (non-hydrogen) atoms. The van der Waals surface area contributed by atoms with Crippen molar-refractivity contribution in [1.82, 2.24) is 15.3 Å². The number of carbonyl (C=O) groups excluding carboxylic acids is 1. The van der Waals surface area contributed by atoms with Gasteiger partial charge in [-0.25, -0.2) is 9.97 Å². The van der Waals surface area contributed by atoms with Gasteiger partial charge >= 0.3 is 0 Å². The molecule has 0 radical (unpaired) electrons. The number of carbonyl (C=O) groups is 1. The molecule has 0 aliphatic carbocycles. The minimum absolute atomic E-state index is 0.219. The maximum Gasteiger partial charge on any atom is 0.270 e. The lowest BCUT2D eigenvalue weighted by Crippen LogP contribution is -2.24. The molecule has 0 saturated heterocycles. The lowest BCUT2D eigenvalue weighted by atomic mass is 10.1. The summed E-state index contributed by atoms with van der Waals surface area (Å²) >= 11 is 0. The van der Waals surface area contributed by atoms with Crippen LogP contribution in [0.2, 0.25) is 0 Å². The summed E-state index contributed by atoms with van der Waals surface area (Å²) in [5.74, 6) is 0.201. The predicted molar refractivity (Wildman–Crippen MR) is 104 cm³/mol. The van der Waals surface area contributed by atoms with Gasteiger partial charge in [-0.3, -0.25) is 4.79 Å². The summed E-state index contributed by atoms with van der Waals surface area (Å²) in [6.45, 7) is 6.41. The first-order valence-electron chi connectivity index (χ1n) is 8.54. The van der Waals surface area contributed by atoms with E-state index in [0.29, 0.717) is 18.2 Å². The van der Waals surface area contributed by atoms with Crippen molar-refractivity contribution < 1.29 is 4.79 Å². The average molecular weight is 346 g/mol. The van der Waals surface area contributed by atoms with Crippen molar-refractivity contribution in [3.8, 4) is 0 Å². The highest BCUT2D eigenvalue weighted by Crippen LogP contribution is 2.21. The van der Waals surface area contributed by atoms with E-state index in [2.05, 4.69) is 33.6 Å². The largest absolute Gasteiger partial charge is 0.347 e. The Bertz CT molecular complexity index is 923. The Morgan fingerprint density at radius 2 is 1.73 bits per heavy atom. The summed E-state index contributed by atoms with van der Waals surface area (Å²) in [5, 5.41) is 6.12. The fourth-order valence-electron chi connectivity index (χ4n) is 2.62. The molecule has 0 spiro atoms. The first kappa shape index (κ1) is 17.6. The number of nitrogens with one attached hydrogen (secondary N) is 2. The maximum absolute atomic E-state index is 12.5. The molecule has 3 rings (SSSR count). The molecule has 0 unspecified atom stereocenters. The molecular formula is C21H22N4O. The molecular weight excluding hydrogens is 324 g/mol. The van der Waals surface area contributed by atoms with Gasteiger partial charge < -0.3 is 10.6 Å². The van der Waals surface area contributed by atoms with Crippen molar-refractivity contribution in [2.75, 3.05) is 5.32 Å². The van der Waals surface area contributed by atoms with Crippen LogP contribution in [0.3, 0.4) is 0 Å². The monoisotopic (exact) mass is 346 g/mol. The second-order valence-corrected chi connectivity index (χ2v) is 6.26. The van der Waals surface area contributed by atoms with Crippen LogP contribution in [0.25, 0.3) is 0 Å². The lowest BCUT2D eigenvalue weighted by Gasteiger charge is -2.12. The van der Waals surface area contributed by atoms with Gasteiger partial charge in [-0.15, -0.1) is 0 Å². The summed E-state index contributed by atoms with van der Waals surface area (Å²) in [4.78, 5) is 21.2. The van der Waals surface area contributed by atoms with Gasteiger partial charge in [0, 0.05) is 17.9 Å². The van der Waals surface area contributed by atoms with Crippen molar-refractivity contribution in [1.29, 1.82) is 0 Å². The normalized spacial score (nSPS) is 10.4. The summed E-state index contributed by atoms with van der Waals surface area (Å²) in [6.07, 6.45) is 0. The minimum Gasteiger partial charge on any atom is -0.347 e. The molecule has 1 heterocycles. The van der Waals surface area contributed by atoms with Crippen LogP contribution in [-0.2, 0) is 6.54 Å². The standard InChI is InChI=1S/C21H22N4O/c1-14-8-7-11-18(16(14)3)24-21-23-15(2)12-19(25-21)20(26)22-13-17-9-5-4-6-10-17/h4-12H,13H2,1-3H3,(H,22,26)(H,23,24,25). The Kier molecular flexibility index (Phi) is 5.27. The highest BCUT2D eigenvalue weighted by molar-refractivity contribution is 5.92. The smallest absolute Gasteiger partial charge is 0.270 e. The van der Waals surface area contributed by atoms with Gasteiger partial charge in [0.25, 0.3) is 5.91 Å². The van der Waals surface area contributed by atoms with Crippen LogP contribution < -0.4 is 10.6 Å². The first-order chi connectivity index (χ1) is 12.5. The Morgan fingerprint density at radius 3 is 2.50 bits per heavy atom. The molecule has 0 atom stereocenters. The molecule has 0 aliphatic rings. The number of rotatable bonds is 5. The van der Waals surface area contributed by atoms with E-state index < -0.39 is 0 Å². The SMILES string of the molecule is Cc1cc(C(=O)NCc2ccccc2)nc(Nc2cccc(C)c2C)n1. The Hall–Kier alpha value is -3.21. The maximum atomic E-state index is 12.5. The zero-order valence-electron chi connectivity index (χ0n) is 15.2. The van der Waals surface area contributed by atoms with Gasteiger partial charge in [-0.05, 0) is 49.6 Å². The minimum atomic E-state index is -0.219. The number of anilines is 2. The zero-order valence-corrected chi connectivity index (χ0v) is 15.2. The van der Waals surface area contributed by atoms with E-state index in [1.54, 1.807) is 6.07 Å². The summed E-state index contributed by atoms with van der Waals surface area (Å²) < 4.78 is 0. The average Bonchev–Trinajstić information content (AvgIpc) is 2.64. The molecule has 0 aliphatic heterocycles. The van der Waals surface area contributed by atoms with Crippen LogP contribution in [0.1, 0.15) is 32.9 Å². The lowest BCUT2D eigenvalue weighted by molar-refractivity contribution is 0.0945. The van der Waals surface area contributed by atoms with Crippen LogP contribution in [0, 0.1) is 20.8 Å². The van der Waals surface area contributed by atoms with Gasteiger partial charge in [0.1, 0.15) is 5.69 Å². The molecule has 132 valence electrons. The molecule has 0 fully saturated rings. The van der Waals surface area contributed by atoms with Crippen LogP contribution in [0.5, 0.6) is 0 Å². The number of nitrogens with zero attached hydrogens (tertiary/aromatic N) is 2. The zero-order chi connectivity index (χ0) is 18.5. The van der Waals surface area contributed by atoms with E-state index in [0.717, 1.165) is 22.5 Å². The number of hydrogen-bond donors (Lipinski definition) is 2. The van der Waals surface area contributed by atoms with Crippen molar-refractivity contribution in [3.63, 3.8) is 0 Å². The van der Waals surface area contributed by atoms with Gasteiger partial charge in [0.05, 0.1) is 0 Å². The highest BCUT2D eigenvalue weighted by atomic mass is 16.1. The quantitative estimate of drug-likeness (QED) is 0.731. The number of aryl methyl sites for hydroxylation is 2. The number of benzene rings is 2. The molecule has 5 heteroatoms. The first-order valence-corrected chi connectivity index (χ1v) is 8.54. The van der Waals surface area contributed by atoms with Crippen LogP contribution >= 0.6 is 0 Å². The van der Waals surface area contributed by atoms with Gasteiger partial charge in [0.2, 0.25) is 5.95 Å². The second-order valence-electron chi connectivity index (χ2n) is 6.26. The molecule has 5 nitrogen and oxygen atoms in total. The summed E-state index contributed by atoms with van der Waals surface area (Å²) in [7, 11) is 0. The molecule has 2 aromatic carbocycles. The Labute approximate surface area is 153 Å². The predicted octanol–water partition coefficient (Wildman–Crippen LogP) is 4.08. The Morgan fingerprint density at radius 1 is 0.962 bits per heavy atom. The fourth-order valence-corrected chi connectivity index (χ4v) is 2.62. The van der Waals surface area contributed by atoms with E-state index in [9.17, 15) is 4.79 Å². The number of amides is 1. The van der Waals surface area contributed by atoms with Crippen LogP contribution in [-0.4, -0.2) is 15.9 Å². The van der Waals surface area contributed by atoms with Crippen molar-refractivity contribution in [3.05, 3.63) is 82.7 Å². The third-order valence-corrected chi connectivity index (χ3v) is 4.23. The summed E-state index contributed by atoms with van der Waals surface area (Å²) in [6, 6.07) is 17.5. The van der Waals surface area contributed by atoms with Crippen molar-refractivity contribution >= 4 is 17.5 Å². The van der Waals surface area contributed by atoms with Gasteiger partial charge in [-0.1, -0.05) is 42.5 Å². The number of hydrogen-bond acceptors (Lipinski definition) is 4. The molecule has 2 N–H and O–H groups in total. The molecule has 0 bridgehead atoms. The second kappa shape index (κ2) is 7.78.